The predicted molar refractivity (Wildman–Crippen MR) is 115 cm³/mol. The van der Waals surface area contributed by atoms with Crippen molar-refractivity contribution in [2.75, 3.05) is 0 Å². The fraction of sp³-hybridized carbons (Fsp3) is 0.217. The van der Waals surface area contributed by atoms with Gasteiger partial charge in [-0.15, -0.1) is 0 Å². The SMILES string of the molecule is CC(C)(C)C(O[Si](c1ccccc1)c1ccccc1)c1cccc(Br)c1. The van der Waals surface area contributed by atoms with Gasteiger partial charge in [0.15, 0.2) is 0 Å². The van der Waals surface area contributed by atoms with Gasteiger partial charge in [-0.3, -0.25) is 0 Å². The number of benzene rings is 3. The van der Waals surface area contributed by atoms with Crippen molar-refractivity contribution in [1.29, 1.82) is 0 Å². The molecule has 1 unspecified atom stereocenters. The molecule has 1 radical (unpaired) electrons. The maximum Gasteiger partial charge on any atom is 0.283 e. The van der Waals surface area contributed by atoms with Crippen LogP contribution in [-0.4, -0.2) is 9.04 Å². The zero-order valence-electron chi connectivity index (χ0n) is 15.4. The van der Waals surface area contributed by atoms with Crippen molar-refractivity contribution >= 4 is 35.3 Å². The van der Waals surface area contributed by atoms with E-state index >= 15 is 0 Å². The van der Waals surface area contributed by atoms with Gasteiger partial charge in [-0.1, -0.05) is 109 Å². The van der Waals surface area contributed by atoms with Gasteiger partial charge in [0, 0.05) is 4.47 Å². The molecule has 0 aliphatic carbocycles. The van der Waals surface area contributed by atoms with Crippen LogP contribution in [0.1, 0.15) is 32.4 Å². The molecule has 0 spiro atoms. The van der Waals surface area contributed by atoms with Gasteiger partial charge in [0.05, 0.1) is 6.10 Å². The van der Waals surface area contributed by atoms with Crippen LogP contribution >= 0.6 is 15.9 Å². The quantitative estimate of drug-likeness (QED) is 0.501. The van der Waals surface area contributed by atoms with Crippen LogP contribution in [0.3, 0.4) is 0 Å². The lowest BCUT2D eigenvalue weighted by Crippen LogP contribution is -2.47. The van der Waals surface area contributed by atoms with Crippen LogP contribution < -0.4 is 10.4 Å². The molecule has 3 aromatic rings. The van der Waals surface area contributed by atoms with Crippen LogP contribution in [0.4, 0.5) is 0 Å². The van der Waals surface area contributed by atoms with Crippen molar-refractivity contribution in [1.82, 2.24) is 0 Å². The highest BCUT2D eigenvalue weighted by molar-refractivity contribution is 9.10. The zero-order chi connectivity index (χ0) is 18.6. The Kier molecular flexibility index (Phi) is 6.12. The Hall–Kier alpha value is -1.68. The highest BCUT2D eigenvalue weighted by atomic mass is 79.9. The summed E-state index contributed by atoms with van der Waals surface area (Å²) >= 11 is 3.61. The van der Waals surface area contributed by atoms with Crippen LogP contribution in [0.5, 0.6) is 0 Å². The monoisotopic (exact) mass is 423 g/mol. The van der Waals surface area contributed by atoms with E-state index in [1.54, 1.807) is 0 Å². The minimum atomic E-state index is -1.36. The summed E-state index contributed by atoms with van der Waals surface area (Å²) in [5.41, 5.74) is 1.20. The fourth-order valence-electron chi connectivity index (χ4n) is 3.01. The molecule has 26 heavy (non-hydrogen) atoms. The number of hydrogen-bond acceptors (Lipinski definition) is 1. The molecule has 3 heteroatoms. The Morgan fingerprint density at radius 2 is 1.31 bits per heavy atom. The van der Waals surface area contributed by atoms with Crippen molar-refractivity contribution in [3.05, 3.63) is 95.0 Å². The average Bonchev–Trinajstić information content (AvgIpc) is 2.63. The second-order valence-corrected chi connectivity index (χ2v) is 10.4. The van der Waals surface area contributed by atoms with E-state index in [0.29, 0.717) is 0 Å². The number of halogens is 1. The van der Waals surface area contributed by atoms with Gasteiger partial charge < -0.3 is 4.43 Å². The largest absolute Gasteiger partial charge is 0.400 e. The summed E-state index contributed by atoms with van der Waals surface area (Å²) in [5, 5.41) is 2.54. The minimum absolute atomic E-state index is 0.00861. The van der Waals surface area contributed by atoms with Crippen molar-refractivity contribution in [2.45, 2.75) is 26.9 Å². The molecule has 0 amide bonds. The normalized spacial score (nSPS) is 13.0. The fourth-order valence-corrected chi connectivity index (χ4v) is 5.75. The minimum Gasteiger partial charge on any atom is -0.400 e. The molecule has 0 saturated carbocycles. The molecular weight excluding hydrogens is 400 g/mol. The Balaban J connectivity index is 2.03. The smallest absolute Gasteiger partial charge is 0.283 e. The summed E-state index contributed by atoms with van der Waals surface area (Å²) in [5.74, 6) is 0. The van der Waals surface area contributed by atoms with Crippen LogP contribution in [0, 0.1) is 5.41 Å². The van der Waals surface area contributed by atoms with Gasteiger partial charge >= 0.3 is 0 Å². The third-order valence-electron chi connectivity index (χ3n) is 4.25. The highest BCUT2D eigenvalue weighted by Gasteiger charge is 2.32. The maximum absolute atomic E-state index is 6.91. The van der Waals surface area contributed by atoms with Gasteiger partial charge in [0.25, 0.3) is 9.04 Å². The first kappa shape index (κ1) is 19.1. The second-order valence-electron chi connectivity index (χ2n) is 7.48. The molecular formula is C23H24BrOSi. The van der Waals surface area contributed by atoms with E-state index in [1.807, 2.05) is 0 Å². The first-order valence-electron chi connectivity index (χ1n) is 8.85. The summed E-state index contributed by atoms with van der Waals surface area (Å²) < 4.78 is 7.99. The molecule has 0 bridgehead atoms. The molecule has 0 aromatic heterocycles. The van der Waals surface area contributed by atoms with E-state index in [1.165, 1.54) is 15.9 Å². The van der Waals surface area contributed by atoms with E-state index in [9.17, 15) is 0 Å². The molecule has 0 heterocycles. The maximum atomic E-state index is 6.91. The van der Waals surface area contributed by atoms with Crippen molar-refractivity contribution in [2.24, 2.45) is 5.41 Å². The summed E-state index contributed by atoms with van der Waals surface area (Å²) in [7, 11) is -1.36. The Morgan fingerprint density at radius 3 is 1.77 bits per heavy atom. The molecule has 0 N–H and O–H groups in total. The summed E-state index contributed by atoms with van der Waals surface area (Å²) in [6.07, 6.45) is 0.00861. The van der Waals surface area contributed by atoms with Crippen LogP contribution in [-0.2, 0) is 4.43 Å². The first-order chi connectivity index (χ1) is 12.4. The van der Waals surface area contributed by atoms with Crippen molar-refractivity contribution in [3.8, 4) is 0 Å². The third kappa shape index (κ3) is 4.73. The molecule has 0 fully saturated rings. The Bertz CT molecular complexity index is 788. The zero-order valence-corrected chi connectivity index (χ0v) is 18.0. The van der Waals surface area contributed by atoms with E-state index in [0.717, 1.165) is 4.47 Å². The topological polar surface area (TPSA) is 9.23 Å². The summed E-state index contributed by atoms with van der Waals surface area (Å²) in [6.45, 7) is 6.73. The first-order valence-corrected chi connectivity index (χ1v) is 11.1. The molecule has 3 aromatic carbocycles. The van der Waals surface area contributed by atoms with Gasteiger partial charge in [-0.2, -0.15) is 0 Å². The lowest BCUT2D eigenvalue weighted by atomic mass is 9.85. The van der Waals surface area contributed by atoms with Crippen LogP contribution in [0.2, 0.25) is 0 Å². The van der Waals surface area contributed by atoms with Crippen molar-refractivity contribution < 1.29 is 4.43 Å². The Morgan fingerprint density at radius 1 is 0.769 bits per heavy atom. The Labute approximate surface area is 166 Å². The van der Waals surface area contributed by atoms with Crippen molar-refractivity contribution in [3.63, 3.8) is 0 Å². The van der Waals surface area contributed by atoms with Gasteiger partial charge in [0.2, 0.25) is 0 Å². The van der Waals surface area contributed by atoms with Crippen LogP contribution in [0.15, 0.2) is 89.4 Å². The van der Waals surface area contributed by atoms with E-state index in [2.05, 4.69) is 122 Å². The lowest BCUT2D eigenvalue weighted by Gasteiger charge is -2.34. The molecule has 0 saturated heterocycles. The standard InChI is InChI=1S/C23H24BrOSi/c1-23(2,3)22(18-11-10-12-19(24)17-18)25-26(20-13-6-4-7-14-20)21-15-8-5-9-16-21/h4-17,22H,1-3H3. The highest BCUT2D eigenvalue weighted by Crippen LogP contribution is 2.37. The molecule has 1 atom stereocenters. The molecule has 1 nitrogen and oxygen atoms in total. The molecule has 3 rings (SSSR count). The molecule has 0 aliphatic heterocycles. The van der Waals surface area contributed by atoms with E-state index in [4.69, 9.17) is 4.43 Å². The second kappa shape index (κ2) is 8.34. The predicted octanol–water partition coefficient (Wildman–Crippen LogP) is 5.36. The van der Waals surface area contributed by atoms with Crippen LogP contribution in [0.25, 0.3) is 0 Å². The van der Waals surface area contributed by atoms with Gasteiger partial charge in [-0.25, -0.2) is 0 Å². The van der Waals surface area contributed by atoms with E-state index < -0.39 is 9.04 Å². The molecule has 133 valence electrons. The lowest BCUT2D eigenvalue weighted by molar-refractivity contribution is 0.0896. The molecule has 0 aliphatic rings. The average molecular weight is 424 g/mol. The summed E-state index contributed by atoms with van der Waals surface area (Å²) in [6, 6.07) is 29.7. The third-order valence-corrected chi connectivity index (χ3v) is 6.93. The summed E-state index contributed by atoms with van der Waals surface area (Å²) in [4.78, 5) is 0. The van der Waals surface area contributed by atoms with Gasteiger partial charge in [0.1, 0.15) is 0 Å². The van der Waals surface area contributed by atoms with E-state index in [-0.39, 0.29) is 11.5 Å². The number of hydrogen-bond donors (Lipinski definition) is 0. The van der Waals surface area contributed by atoms with Gasteiger partial charge in [-0.05, 0) is 33.5 Å². The number of rotatable bonds is 5.